The van der Waals surface area contributed by atoms with E-state index in [0.29, 0.717) is 16.2 Å². The van der Waals surface area contributed by atoms with E-state index in [0.717, 1.165) is 11.8 Å². The van der Waals surface area contributed by atoms with Gasteiger partial charge in [-0.15, -0.1) is 0 Å². The SMILES string of the molecule is CC(=O)Oc1ccc(C(=O)Sc2ccc(F)cc2)cc1. The van der Waals surface area contributed by atoms with Gasteiger partial charge in [0.1, 0.15) is 11.6 Å². The molecule has 0 radical (unpaired) electrons. The molecular formula is C15H11FO3S. The van der Waals surface area contributed by atoms with Crippen molar-refractivity contribution in [2.75, 3.05) is 0 Å². The third kappa shape index (κ3) is 3.93. The summed E-state index contributed by atoms with van der Waals surface area (Å²) in [6, 6.07) is 12.0. The second-order valence-corrected chi connectivity index (χ2v) is 5.01. The second kappa shape index (κ2) is 6.34. The smallest absolute Gasteiger partial charge is 0.308 e. The number of benzene rings is 2. The predicted molar refractivity (Wildman–Crippen MR) is 74.3 cm³/mol. The van der Waals surface area contributed by atoms with Crippen LogP contribution in [-0.4, -0.2) is 11.1 Å². The molecule has 0 amide bonds. The van der Waals surface area contributed by atoms with Crippen LogP contribution >= 0.6 is 11.8 Å². The molecule has 0 unspecified atom stereocenters. The topological polar surface area (TPSA) is 43.4 Å². The highest BCUT2D eigenvalue weighted by atomic mass is 32.2. The molecule has 2 aromatic rings. The zero-order chi connectivity index (χ0) is 14.5. The monoisotopic (exact) mass is 290 g/mol. The van der Waals surface area contributed by atoms with Gasteiger partial charge in [-0.05, 0) is 60.3 Å². The Morgan fingerprint density at radius 2 is 1.60 bits per heavy atom. The molecule has 20 heavy (non-hydrogen) atoms. The van der Waals surface area contributed by atoms with Gasteiger partial charge in [-0.3, -0.25) is 9.59 Å². The lowest BCUT2D eigenvalue weighted by molar-refractivity contribution is -0.131. The van der Waals surface area contributed by atoms with Crippen molar-refractivity contribution in [3.8, 4) is 5.75 Å². The summed E-state index contributed by atoms with van der Waals surface area (Å²) in [5, 5.41) is -0.161. The fourth-order valence-corrected chi connectivity index (χ4v) is 2.23. The van der Waals surface area contributed by atoms with Crippen LogP contribution in [0.1, 0.15) is 17.3 Å². The first-order chi connectivity index (χ1) is 9.54. The summed E-state index contributed by atoms with van der Waals surface area (Å²) in [6.07, 6.45) is 0. The second-order valence-electron chi connectivity index (χ2n) is 3.96. The number of esters is 1. The maximum Gasteiger partial charge on any atom is 0.308 e. The Bertz CT molecular complexity index is 621. The van der Waals surface area contributed by atoms with Crippen molar-refractivity contribution in [1.82, 2.24) is 0 Å². The fraction of sp³-hybridized carbons (Fsp3) is 0.0667. The van der Waals surface area contributed by atoms with E-state index in [1.54, 1.807) is 36.4 Å². The molecular weight excluding hydrogens is 279 g/mol. The third-order valence-electron chi connectivity index (χ3n) is 2.38. The van der Waals surface area contributed by atoms with Crippen molar-refractivity contribution in [1.29, 1.82) is 0 Å². The zero-order valence-electron chi connectivity index (χ0n) is 10.6. The molecule has 5 heteroatoms. The number of rotatable bonds is 3. The van der Waals surface area contributed by atoms with Crippen LogP contribution in [0.3, 0.4) is 0 Å². The van der Waals surface area contributed by atoms with Gasteiger partial charge in [0.05, 0.1) is 0 Å². The number of halogens is 1. The first-order valence-corrected chi connectivity index (χ1v) is 6.62. The van der Waals surface area contributed by atoms with Crippen LogP contribution in [-0.2, 0) is 4.79 Å². The molecule has 0 saturated heterocycles. The van der Waals surface area contributed by atoms with E-state index in [9.17, 15) is 14.0 Å². The van der Waals surface area contributed by atoms with Crippen LogP contribution < -0.4 is 4.74 Å². The van der Waals surface area contributed by atoms with E-state index in [2.05, 4.69) is 0 Å². The molecule has 0 heterocycles. The van der Waals surface area contributed by atoms with Crippen molar-refractivity contribution in [3.05, 3.63) is 59.9 Å². The fourth-order valence-electron chi connectivity index (χ4n) is 1.49. The molecule has 3 nitrogen and oxygen atoms in total. The van der Waals surface area contributed by atoms with E-state index >= 15 is 0 Å². The zero-order valence-corrected chi connectivity index (χ0v) is 11.4. The minimum atomic E-state index is -0.412. The Hall–Kier alpha value is -2.14. The average molecular weight is 290 g/mol. The Kier molecular flexibility index (Phi) is 4.53. The molecule has 0 atom stereocenters. The summed E-state index contributed by atoms with van der Waals surface area (Å²) in [6.45, 7) is 1.31. The van der Waals surface area contributed by atoms with Gasteiger partial charge in [0.15, 0.2) is 0 Å². The van der Waals surface area contributed by atoms with Gasteiger partial charge in [-0.1, -0.05) is 0 Å². The van der Waals surface area contributed by atoms with Gasteiger partial charge in [-0.2, -0.15) is 0 Å². The van der Waals surface area contributed by atoms with Crippen LogP contribution in [0.5, 0.6) is 5.75 Å². The van der Waals surface area contributed by atoms with E-state index in [1.165, 1.54) is 19.1 Å². The normalized spacial score (nSPS) is 10.1. The Morgan fingerprint density at radius 1 is 1.00 bits per heavy atom. The summed E-state index contributed by atoms with van der Waals surface area (Å²) in [5.74, 6) is -0.363. The van der Waals surface area contributed by atoms with Crippen LogP contribution in [0.2, 0.25) is 0 Å². The van der Waals surface area contributed by atoms with Gasteiger partial charge >= 0.3 is 5.97 Å². The van der Waals surface area contributed by atoms with Crippen LogP contribution in [0.15, 0.2) is 53.4 Å². The molecule has 0 aliphatic heterocycles. The van der Waals surface area contributed by atoms with Gasteiger partial charge in [0.25, 0.3) is 0 Å². The summed E-state index contributed by atoms with van der Waals surface area (Å²) >= 11 is 1.01. The molecule has 0 fully saturated rings. The number of hydrogen-bond donors (Lipinski definition) is 0. The molecule has 0 spiro atoms. The largest absolute Gasteiger partial charge is 0.427 e. The molecule has 102 valence electrons. The molecule has 0 aromatic heterocycles. The molecule has 0 N–H and O–H groups in total. The lowest BCUT2D eigenvalue weighted by Gasteiger charge is -2.03. The Balaban J connectivity index is 2.05. The molecule has 2 aromatic carbocycles. The van der Waals surface area contributed by atoms with E-state index < -0.39 is 5.97 Å². The number of hydrogen-bond acceptors (Lipinski definition) is 4. The van der Waals surface area contributed by atoms with E-state index in [-0.39, 0.29) is 10.9 Å². The highest BCUT2D eigenvalue weighted by Gasteiger charge is 2.09. The number of carbonyl (C=O) groups excluding carboxylic acids is 2. The van der Waals surface area contributed by atoms with E-state index in [1.807, 2.05) is 0 Å². The highest BCUT2D eigenvalue weighted by molar-refractivity contribution is 8.14. The number of thioether (sulfide) groups is 1. The highest BCUT2D eigenvalue weighted by Crippen LogP contribution is 2.24. The Morgan fingerprint density at radius 3 is 2.15 bits per heavy atom. The average Bonchev–Trinajstić information content (AvgIpc) is 2.41. The van der Waals surface area contributed by atoms with Crippen molar-refractivity contribution in [2.24, 2.45) is 0 Å². The summed E-state index contributed by atoms with van der Waals surface area (Å²) < 4.78 is 17.6. The summed E-state index contributed by atoms with van der Waals surface area (Å²) in [5.41, 5.74) is 0.482. The minimum absolute atomic E-state index is 0.161. The number of carbonyl (C=O) groups is 2. The first-order valence-electron chi connectivity index (χ1n) is 5.81. The summed E-state index contributed by atoms with van der Waals surface area (Å²) in [4.78, 5) is 23.4. The molecule has 0 saturated carbocycles. The molecule has 2 rings (SSSR count). The van der Waals surface area contributed by atoms with Crippen molar-refractivity contribution >= 4 is 22.8 Å². The Labute approximate surface area is 119 Å². The molecule has 0 aliphatic rings. The first kappa shape index (κ1) is 14.3. The lowest BCUT2D eigenvalue weighted by atomic mass is 10.2. The molecule has 0 aliphatic carbocycles. The third-order valence-corrected chi connectivity index (χ3v) is 3.30. The van der Waals surface area contributed by atoms with Gasteiger partial charge < -0.3 is 4.74 Å². The minimum Gasteiger partial charge on any atom is -0.427 e. The maximum absolute atomic E-state index is 12.8. The molecule has 0 bridgehead atoms. The maximum atomic E-state index is 12.8. The van der Waals surface area contributed by atoms with E-state index in [4.69, 9.17) is 4.74 Å². The predicted octanol–water partition coefficient (Wildman–Crippen LogP) is 3.68. The standard InChI is InChI=1S/C15H11FO3S/c1-10(17)19-13-6-2-11(3-7-13)15(18)20-14-8-4-12(16)5-9-14/h2-9H,1H3. The van der Waals surface area contributed by atoms with Gasteiger partial charge in [-0.25, -0.2) is 4.39 Å². The van der Waals surface area contributed by atoms with Crippen molar-refractivity contribution < 1.29 is 18.7 Å². The van der Waals surface area contributed by atoms with Crippen LogP contribution in [0, 0.1) is 5.82 Å². The van der Waals surface area contributed by atoms with Crippen LogP contribution in [0.25, 0.3) is 0 Å². The van der Waals surface area contributed by atoms with Crippen LogP contribution in [0.4, 0.5) is 4.39 Å². The van der Waals surface area contributed by atoms with Gasteiger partial charge in [0, 0.05) is 17.4 Å². The lowest BCUT2D eigenvalue weighted by Crippen LogP contribution is -2.01. The number of ether oxygens (including phenoxy) is 1. The van der Waals surface area contributed by atoms with Crippen molar-refractivity contribution in [3.63, 3.8) is 0 Å². The quantitative estimate of drug-likeness (QED) is 0.491. The van der Waals surface area contributed by atoms with Crippen molar-refractivity contribution in [2.45, 2.75) is 11.8 Å². The van der Waals surface area contributed by atoms with Gasteiger partial charge in [0.2, 0.25) is 5.12 Å². The summed E-state index contributed by atoms with van der Waals surface area (Å²) in [7, 11) is 0.